The van der Waals surface area contributed by atoms with Gasteiger partial charge in [-0.15, -0.1) is 0 Å². The van der Waals surface area contributed by atoms with Crippen LogP contribution in [0.4, 0.5) is 0 Å². The highest BCUT2D eigenvalue weighted by Crippen LogP contribution is 2.25. The Morgan fingerprint density at radius 2 is 1.48 bits per heavy atom. The molecule has 150 valence electrons. The van der Waals surface area contributed by atoms with Crippen molar-refractivity contribution in [2.75, 3.05) is 6.61 Å². The fourth-order valence-electron chi connectivity index (χ4n) is 2.94. The van der Waals surface area contributed by atoms with Crippen LogP contribution in [-0.2, 0) is 14.8 Å². The number of carbonyl (C=O) groups is 1. The van der Waals surface area contributed by atoms with Crippen LogP contribution in [0.25, 0.3) is 0 Å². The number of hydrogen-bond donors (Lipinski definition) is 1. The molecule has 0 spiro atoms. The van der Waals surface area contributed by atoms with Crippen LogP contribution in [0.5, 0.6) is 0 Å². The molecular weight excluding hydrogens is 386 g/mol. The van der Waals surface area contributed by atoms with Crippen molar-refractivity contribution in [3.63, 3.8) is 0 Å². The van der Waals surface area contributed by atoms with Crippen molar-refractivity contribution in [1.82, 2.24) is 4.72 Å². The minimum atomic E-state index is -3.75. The van der Waals surface area contributed by atoms with Crippen molar-refractivity contribution in [2.45, 2.75) is 24.8 Å². The van der Waals surface area contributed by atoms with E-state index in [1.54, 1.807) is 55.5 Å². The Bertz CT molecular complexity index is 1060. The van der Waals surface area contributed by atoms with Gasteiger partial charge in [0.05, 0.1) is 23.1 Å². The second-order valence-corrected chi connectivity index (χ2v) is 8.33. The fourth-order valence-corrected chi connectivity index (χ4v) is 4.15. The minimum absolute atomic E-state index is 0.201. The van der Waals surface area contributed by atoms with Gasteiger partial charge in [-0.25, -0.2) is 13.2 Å². The Hall–Kier alpha value is -2.96. The maximum atomic E-state index is 13.0. The smallest absolute Gasteiger partial charge is 0.338 e. The Labute approximate surface area is 171 Å². The summed E-state index contributed by atoms with van der Waals surface area (Å²) in [4.78, 5) is 12.1. The third-order valence-electron chi connectivity index (χ3n) is 4.49. The largest absolute Gasteiger partial charge is 0.462 e. The van der Waals surface area contributed by atoms with E-state index in [0.29, 0.717) is 12.2 Å². The molecule has 3 rings (SSSR count). The van der Waals surface area contributed by atoms with Crippen LogP contribution in [0.2, 0.25) is 0 Å². The van der Waals surface area contributed by atoms with Gasteiger partial charge in [-0.1, -0.05) is 60.2 Å². The number of nitrogens with one attached hydrogen (secondary N) is 1. The first kappa shape index (κ1) is 20.8. The average molecular weight is 410 g/mol. The second kappa shape index (κ2) is 9.03. The van der Waals surface area contributed by atoms with Crippen LogP contribution in [0.3, 0.4) is 0 Å². The molecule has 0 fully saturated rings. The van der Waals surface area contributed by atoms with Gasteiger partial charge in [0.15, 0.2) is 0 Å². The maximum absolute atomic E-state index is 13.0. The van der Waals surface area contributed by atoms with Crippen LogP contribution >= 0.6 is 0 Å². The van der Waals surface area contributed by atoms with E-state index in [0.717, 1.165) is 16.7 Å². The van der Waals surface area contributed by atoms with E-state index in [4.69, 9.17) is 4.74 Å². The molecular formula is C23H23NO4S. The molecule has 0 amide bonds. The second-order valence-electron chi connectivity index (χ2n) is 6.62. The van der Waals surface area contributed by atoms with E-state index in [-0.39, 0.29) is 4.90 Å². The number of hydrogen-bond acceptors (Lipinski definition) is 4. The molecule has 0 aliphatic rings. The number of aryl methyl sites for hydroxylation is 1. The molecule has 0 aromatic heterocycles. The summed E-state index contributed by atoms with van der Waals surface area (Å²) in [6, 6.07) is 22.2. The molecule has 0 aliphatic carbocycles. The Kier molecular flexibility index (Phi) is 6.46. The van der Waals surface area contributed by atoms with Gasteiger partial charge in [0.25, 0.3) is 0 Å². The lowest BCUT2D eigenvalue weighted by Crippen LogP contribution is -2.29. The minimum Gasteiger partial charge on any atom is -0.462 e. The predicted molar refractivity (Wildman–Crippen MR) is 112 cm³/mol. The van der Waals surface area contributed by atoms with Crippen LogP contribution in [0, 0.1) is 6.92 Å². The van der Waals surface area contributed by atoms with Crippen molar-refractivity contribution >= 4 is 16.0 Å². The van der Waals surface area contributed by atoms with Gasteiger partial charge in [-0.05, 0) is 49.2 Å². The third-order valence-corrected chi connectivity index (χ3v) is 5.93. The summed E-state index contributed by atoms with van der Waals surface area (Å²) in [6.45, 7) is 3.95. The summed E-state index contributed by atoms with van der Waals surface area (Å²) in [7, 11) is -3.75. The number of sulfonamides is 1. The van der Waals surface area contributed by atoms with E-state index in [1.807, 2.05) is 37.3 Å². The summed E-state index contributed by atoms with van der Waals surface area (Å²) in [5.41, 5.74) is 2.92. The predicted octanol–water partition coefficient (Wildman–Crippen LogP) is 4.24. The van der Waals surface area contributed by atoms with Crippen molar-refractivity contribution in [2.24, 2.45) is 0 Å². The van der Waals surface area contributed by atoms with Gasteiger partial charge in [0.2, 0.25) is 10.0 Å². The standard InChI is InChI=1S/C23H23NO4S/c1-3-28-23(25)20-13-11-19(12-14-20)22(18-7-5-4-6-8-18)24-29(26,27)21-15-9-17(2)10-16-21/h4-16,22,24H,3H2,1-2H3. The molecule has 5 nitrogen and oxygen atoms in total. The third kappa shape index (κ3) is 5.10. The summed E-state index contributed by atoms with van der Waals surface area (Å²) in [5, 5.41) is 0. The molecule has 3 aromatic rings. The zero-order valence-corrected chi connectivity index (χ0v) is 17.1. The summed E-state index contributed by atoms with van der Waals surface area (Å²) < 4.78 is 33.8. The van der Waals surface area contributed by atoms with E-state index < -0.39 is 22.0 Å². The molecule has 6 heteroatoms. The Balaban J connectivity index is 1.96. The zero-order valence-electron chi connectivity index (χ0n) is 16.3. The highest BCUT2D eigenvalue weighted by Gasteiger charge is 2.23. The van der Waals surface area contributed by atoms with Gasteiger partial charge < -0.3 is 4.74 Å². The van der Waals surface area contributed by atoms with Crippen molar-refractivity contribution in [3.05, 3.63) is 101 Å². The highest BCUT2D eigenvalue weighted by atomic mass is 32.2. The van der Waals surface area contributed by atoms with Crippen molar-refractivity contribution in [3.8, 4) is 0 Å². The lowest BCUT2D eigenvalue weighted by atomic mass is 9.99. The average Bonchev–Trinajstić information content (AvgIpc) is 2.73. The number of esters is 1. The van der Waals surface area contributed by atoms with Gasteiger partial charge in [0.1, 0.15) is 0 Å². The molecule has 0 bridgehead atoms. The van der Waals surface area contributed by atoms with Gasteiger partial charge in [-0.3, -0.25) is 0 Å². The van der Waals surface area contributed by atoms with Gasteiger partial charge in [0, 0.05) is 0 Å². The fraction of sp³-hybridized carbons (Fsp3) is 0.174. The number of carbonyl (C=O) groups excluding carboxylic acids is 1. The zero-order chi connectivity index (χ0) is 20.9. The summed E-state index contributed by atoms with van der Waals surface area (Å²) in [5.74, 6) is -0.407. The molecule has 3 aromatic carbocycles. The first-order valence-electron chi connectivity index (χ1n) is 9.32. The van der Waals surface area contributed by atoms with Crippen molar-refractivity contribution < 1.29 is 17.9 Å². The lowest BCUT2D eigenvalue weighted by molar-refractivity contribution is 0.0526. The first-order valence-corrected chi connectivity index (χ1v) is 10.8. The molecule has 1 unspecified atom stereocenters. The number of rotatable bonds is 7. The molecule has 0 aliphatic heterocycles. The lowest BCUT2D eigenvalue weighted by Gasteiger charge is -2.20. The van der Waals surface area contributed by atoms with Crippen LogP contribution in [0.1, 0.15) is 40.0 Å². The molecule has 0 radical (unpaired) electrons. The summed E-state index contributed by atoms with van der Waals surface area (Å²) in [6.07, 6.45) is 0. The van der Waals surface area contributed by atoms with E-state index in [1.165, 1.54) is 0 Å². The van der Waals surface area contributed by atoms with Crippen LogP contribution in [-0.4, -0.2) is 21.0 Å². The SMILES string of the molecule is CCOC(=O)c1ccc(C(NS(=O)(=O)c2ccc(C)cc2)c2ccccc2)cc1. The van der Waals surface area contributed by atoms with Gasteiger partial charge in [-0.2, -0.15) is 4.72 Å². The monoisotopic (exact) mass is 409 g/mol. The van der Waals surface area contributed by atoms with E-state index in [9.17, 15) is 13.2 Å². The van der Waals surface area contributed by atoms with Gasteiger partial charge >= 0.3 is 5.97 Å². The van der Waals surface area contributed by atoms with E-state index in [2.05, 4.69) is 4.72 Å². The van der Waals surface area contributed by atoms with Crippen LogP contribution < -0.4 is 4.72 Å². The first-order chi connectivity index (χ1) is 13.9. The number of benzene rings is 3. The quantitative estimate of drug-likeness (QED) is 0.593. The maximum Gasteiger partial charge on any atom is 0.338 e. The molecule has 29 heavy (non-hydrogen) atoms. The Morgan fingerprint density at radius 1 is 0.897 bits per heavy atom. The number of ether oxygens (including phenoxy) is 1. The normalized spacial score (nSPS) is 12.3. The molecule has 0 heterocycles. The summed E-state index contributed by atoms with van der Waals surface area (Å²) >= 11 is 0. The Morgan fingerprint density at radius 3 is 2.07 bits per heavy atom. The molecule has 0 saturated carbocycles. The van der Waals surface area contributed by atoms with Crippen molar-refractivity contribution in [1.29, 1.82) is 0 Å². The molecule has 1 atom stereocenters. The highest BCUT2D eigenvalue weighted by molar-refractivity contribution is 7.89. The van der Waals surface area contributed by atoms with Crippen LogP contribution in [0.15, 0.2) is 83.8 Å². The van der Waals surface area contributed by atoms with E-state index >= 15 is 0 Å². The topological polar surface area (TPSA) is 72.5 Å². The molecule has 1 N–H and O–H groups in total. The molecule has 0 saturated heterocycles.